The molecule has 8 nitrogen and oxygen atoms in total. The highest BCUT2D eigenvalue weighted by atomic mass is 16.5. The van der Waals surface area contributed by atoms with Gasteiger partial charge in [-0.2, -0.15) is 0 Å². The summed E-state index contributed by atoms with van der Waals surface area (Å²) in [5.41, 5.74) is 3.78. The van der Waals surface area contributed by atoms with Crippen LogP contribution in [0.5, 0.6) is 6.01 Å². The Morgan fingerprint density at radius 1 is 0.871 bits per heavy atom. The summed E-state index contributed by atoms with van der Waals surface area (Å²) in [7, 11) is 0. The van der Waals surface area contributed by atoms with Crippen LogP contribution in [0.2, 0.25) is 0 Å². The predicted octanol–water partition coefficient (Wildman–Crippen LogP) is 3.17. The minimum Gasteiger partial charge on any atom is -0.460 e. The Balaban J connectivity index is 1.18. The maximum atomic E-state index is 12.8. The summed E-state index contributed by atoms with van der Waals surface area (Å²) in [6.07, 6.45) is 9.90. The average Bonchev–Trinajstić information content (AvgIpc) is 2.85. The normalized spacial score (nSPS) is 14.5. The van der Waals surface area contributed by atoms with Crippen molar-refractivity contribution >= 4 is 16.9 Å². The standard InChI is InChI=1S/C23H20N6O2/c30-22(21-15-25-19-3-1-2-4-20(19)28-21)29-11-7-18(8-12-29)31-23-26-13-17(14-27-23)16-5-9-24-10-6-16/h1-6,9-10,13-15,18H,7-8,11-12H2. The summed E-state index contributed by atoms with van der Waals surface area (Å²) in [6.45, 7) is 1.18. The Labute approximate surface area is 179 Å². The number of carbonyl (C=O) groups is 1. The predicted molar refractivity (Wildman–Crippen MR) is 114 cm³/mol. The molecule has 3 aromatic heterocycles. The maximum Gasteiger partial charge on any atom is 0.316 e. The second-order valence-corrected chi connectivity index (χ2v) is 7.34. The molecule has 0 atom stereocenters. The molecule has 1 saturated heterocycles. The molecule has 1 amide bonds. The van der Waals surface area contributed by atoms with Crippen LogP contribution in [0.4, 0.5) is 0 Å². The van der Waals surface area contributed by atoms with Crippen molar-refractivity contribution in [3.63, 3.8) is 0 Å². The lowest BCUT2D eigenvalue weighted by molar-refractivity contribution is 0.0573. The van der Waals surface area contributed by atoms with Crippen LogP contribution in [0.3, 0.4) is 0 Å². The molecule has 0 spiro atoms. The molecule has 154 valence electrons. The molecular weight excluding hydrogens is 392 g/mol. The lowest BCUT2D eigenvalue weighted by Gasteiger charge is -2.31. The van der Waals surface area contributed by atoms with E-state index in [0.29, 0.717) is 37.6 Å². The first-order valence-electron chi connectivity index (χ1n) is 10.2. The van der Waals surface area contributed by atoms with Gasteiger partial charge in [0.1, 0.15) is 11.8 Å². The number of hydrogen-bond donors (Lipinski definition) is 0. The third-order valence-electron chi connectivity index (χ3n) is 5.31. The smallest absolute Gasteiger partial charge is 0.316 e. The van der Waals surface area contributed by atoms with Crippen LogP contribution in [-0.4, -0.2) is 54.9 Å². The number of hydrogen-bond acceptors (Lipinski definition) is 7. The number of piperidine rings is 1. The van der Waals surface area contributed by atoms with Crippen molar-refractivity contribution in [1.82, 2.24) is 29.8 Å². The topological polar surface area (TPSA) is 94.0 Å². The van der Waals surface area contributed by atoms with E-state index in [-0.39, 0.29) is 12.0 Å². The minimum absolute atomic E-state index is 0.0292. The number of para-hydroxylation sites is 2. The number of rotatable bonds is 4. The van der Waals surface area contributed by atoms with Crippen molar-refractivity contribution < 1.29 is 9.53 Å². The molecule has 0 aliphatic carbocycles. The Morgan fingerprint density at radius 3 is 2.32 bits per heavy atom. The van der Waals surface area contributed by atoms with E-state index in [2.05, 4.69) is 24.9 Å². The minimum atomic E-state index is -0.102. The SMILES string of the molecule is O=C(c1cnc2ccccc2n1)N1CCC(Oc2ncc(-c3ccncc3)cn2)CC1. The molecule has 0 N–H and O–H groups in total. The lowest BCUT2D eigenvalue weighted by Crippen LogP contribution is -2.42. The number of amides is 1. The monoisotopic (exact) mass is 412 g/mol. The van der Waals surface area contributed by atoms with E-state index >= 15 is 0 Å². The molecule has 1 aromatic carbocycles. The largest absolute Gasteiger partial charge is 0.460 e. The van der Waals surface area contributed by atoms with Gasteiger partial charge in [-0.25, -0.2) is 15.0 Å². The molecule has 4 aromatic rings. The van der Waals surface area contributed by atoms with Crippen molar-refractivity contribution in [3.05, 3.63) is 73.1 Å². The number of benzene rings is 1. The van der Waals surface area contributed by atoms with E-state index in [4.69, 9.17) is 4.74 Å². The lowest BCUT2D eigenvalue weighted by atomic mass is 10.1. The quantitative estimate of drug-likeness (QED) is 0.508. The molecule has 0 saturated carbocycles. The van der Waals surface area contributed by atoms with Gasteiger partial charge in [0.15, 0.2) is 0 Å². The fraction of sp³-hybridized carbons (Fsp3) is 0.217. The summed E-state index contributed by atoms with van der Waals surface area (Å²) >= 11 is 0. The van der Waals surface area contributed by atoms with Gasteiger partial charge in [-0.1, -0.05) is 12.1 Å². The van der Waals surface area contributed by atoms with Crippen molar-refractivity contribution in [2.75, 3.05) is 13.1 Å². The second-order valence-electron chi connectivity index (χ2n) is 7.34. The van der Waals surface area contributed by atoms with E-state index in [1.807, 2.05) is 36.4 Å². The van der Waals surface area contributed by atoms with Crippen LogP contribution in [0, 0.1) is 0 Å². The Bertz CT molecular complexity index is 1190. The molecule has 0 unspecified atom stereocenters. The van der Waals surface area contributed by atoms with E-state index in [1.54, 1.807) is 35.9 Å². The number of pyridine rings is 1. The fourth-order valence-electron chi connectivity index (χ4n) is 3.62. The molecule has 31 heavy (non-hydrogen) atoms. The van der Waals surface area contributed by atoms with Crippen molar-refractivity contribution in [2.45, 2.75) is 18.9 Å². The van der Waals surface area contributed by atoms with Gasteiger partial charge in [-0.3, -0.25) is 14.8 Å². The van der Waals surface area contributed by atoms with Gasteiger partial charge in [0.25, 0.3) is 5.91 Å². The van der Waals surface area contributed by atoms with Gasteiger partial charge in [0.05, 0.1) is 17.2 Å². The van der Waals surface area contributed by atoms with Crippen LogP contribution >= 0.6 is 0 Å². The summed E-state index contributed by atoms with van der Waals surface area (Å²) in [6, 6.07) is 11.7. The molecule has 4 heterocycles. The number of ether oxygens (including phenoxy) is 1. The second kappa shape index (κ2) is 8.43. The zero-order chi connectivity index (χ0) is 21.0. The van der Waals surface area contributed by atoms with Crippen LogP contribution in [0.15, 0.2) is 67.4 Å². The third kappa shape index (κ3) is 4.18. The van der Waals surface area contributed by atoms with Gasteiger partial charge in [0, 0.05) is 56.3 Å². The number of nitrogens with zero attached hydrogens (tertiary/aromatic N) is 6. The molecule has 1 fully saturated rings. The highest BCUT2D eigenvalue weighted by molar-refractivity contribution is 5.93. The highest BCUT2D eigenvalue weighted by Crippen LogP contribution is 2.20. The van der Waals surface area contributed by atoms with Crippen LogP contribution in [-0.2, 0) is 0 Å². The Kier molecular flexibility index (Phi) is 5.18. The van der Waals surface area contributed by atoms with Crippen LogP contribution in [0.25, 0.3) is 22.2 Å². The number of likely N-dealkylation sites (tertiary alicyclic amines) is 1. The Hall–Kier alpha value is -3.94. The van der Waals surface area contributed by atoms with Crippen LogP contribution < -0.4 is 4.74 Å². The molecule has 1 aliphatic rings. The Morgan fingerprint density at radius 2 is 1.58 bits per heavy atom. The van der Waals surface area contributed by atoms with Gasteiger partial charge in [-0.05, 0) is 29.8 Å². The molecule has 8 heteroatoms. The van der Waals surface area contributed by atoms with Gasteiger partial charge >= 0.3 is 6.01 Å². The summed E-state index contributed by atoms with van der Waals surface area (Å²) in [5, 5.41) is 0. The maximum absolute atomic E-state index is 12.8. The first kappa shape index (κ1) is 19.0. The van der Waals surface area contributed by atoms with E-state index in [1.165, 1.54) is 0 Å². The number of aromatic nitrogens is 5. The van der Waals surface area contributed by atoms with Gasteiger partial charge in [-0.15, -0.1) is 0 Å². The van der Waals surface area contributed by atoms with E-state index < -0.39 is 0 Å². The van der Waals surface area contributed by atoms with Crippen molar-refractivity contribution in [1.29, 1.82) is 0 Å². The number of fused-ring (bicyclic) bond motifs is 1. The summed E-state index contributed by atoms with van der Waals surface area (Å²) in [4.78, 5) is 36.1. The van der Waals surface area contributed by atoms with E-state index in [9.17, 15) is 4.79 Å². The van der Waals surface area contributed by atoms with E-state index in [0.717, 1.165) is 22.2 Å². The third-order valence-corrected chi connectivity index (χ3v) is 5.31. The fourth-order valence-corrected chi connectivity index (χ4v) is 3.62. The molecule has 1 aliphatic heterocycles. The molecule has 5 rings (SSSR count). The van der Waals surface area contributed by atoms with Crippen LogP contribution in [0.1, 0.15) is 23.3 Å². The van der Waals surface area contributed by atoms with Crippen molar-refractivity contribution in [2.24, 2.45) is 0 Å². The summed E-state index contributed by atoms with van der Waals surface area (Å²) in [5.74, 6) is -0.102. The highest BCUT2D eigenvalue weighted by Gasteiger charge is 2.26. The zero-order valence-corrected chi connectivity index (χ0v) is 16.8. The average molecular weight is 412 g/mol. The molecular formula is C23H20N6O2. The molecule has 0 radical (unpaired) electrons. The number of carbonyl (C=O) groups excluding carboxylic acids is 1. The van der Waals surface area contributed by atoms with Crippen molar-refractivity contribution in [3.8, 4) is 17.1 Å². The first-order valence-corrected chi connectivity index (χ1v) is 10.2. The molecule has 0 bridgehead atoms. The van der Waals surface area contributed by atoms with Gasteiger partial charge in [0.2, 0.25) is 0 Å². The first-order chi connectivity index (χ1) is 15.3. The summed E-state index contributed by atoms with van der Waals surface area (Å²) < 4.78 is 5.94. The zero-order valence-electron chi connectivity index (χ0n) is 16.8. The van der Waals surface area contributed by atoms with Gasteiger partial charge < -0.3 is 9.64 Å².